The summed E-state index contributed by atoms with van der Waals surface area (Å²) in [6.45, 7) is 3.15. The second-order valence-electron chi connectivity index (χ2n) is 3.67. The van der Waals surface area contributed by atoms with Crippen molar-refractivity contribution in [3.63, 3.8) is 0 Å². The zero-order valence-electron chi connectivity index (χ0n) is 8.88. The number of benzene rings is 1. The van der Waals surface area contributed by atoms with Gasteiger partial charge in [-0.1, -0.05) is 0 Å². The van der Waals surface area contributed by atoms with Crippen molar-refractivity contribution in [3.05, 3.63) is 35.4 Å². The molecule has 0 radical (unpaired) electrons. The van der Waals surface area contributed by atoms with E-state index in [4.69, 9.17) is 4.74 Å². The van der Waals surface area contributed by atoms with E-state index in [1.807, 2.05) is 5.01 Å². The highest BCUT2D eigenvalue weighted by atomic mass is 19.1. The quantitative estimate of drug-likeness (QED) is 0.844. The Hall–Kier alpha value is -1.04. The number of halogens is 2. The van der Waals surface area contributed by atoms with Crippen LogP contribution in [0.25, 0.3) is 0 Å². The summed E-state index contributed by atoms with van der Waals surface area (Å²) in [7, 11) is 0. The van der Waals surface area contributed by atoms with Gasteiger partial charge in [0.2, 0.25) is 0 Å². The molecule has 0 amide bonds. The lowest BCUT2D eigenvalue weighted by Crippen LogP contribution is -2.45. The van der Waals surface area contributed by atoms with Crippen molar-refractivity contribution in [2.75, 3.05) is 26.3 Å². The summed E-state index contributed by atoms with van der Waals surface area (Å²) in [6.07, 6.45) is 0. The van der Waals surface area contributed by atoms with Crippen LogP contribution in [0.5, 0.6) is 0 Å². The summed E-state index contributed by atoms with van der Waals surface area (Å²) in [5.74, 6) is -0.803. The molecule has 2 rings (SSSR count). The molecule has 0 aromatic heterocycles. The Balaban J connectivity index is 1.90. The van der Waals surface area contributed by atoms with Crippen LogP contribution in [-0.2, 0) is 11.3 Å². The number of nitrogens with one attached hydrogen (secondary N) is 1. The Morgan fingerprint density at radius 3 is 2.75 bits per heavy atom. The van der Waals surface area contributed by atoms with Gasteiger partial charge in [0.15, 0.2) is 0 Å². The lowest BCUT2D eigenvalue weighted by Gasteiger charge is -2.27. The van der Waals surface area contributed by atoms with Crippen LogP contribution in [0.1, 0.15) is 5.56 Å². The van der Waals surface area contributed by atoms with Crippen molar-refractivity contribution in [1.29, 1.82) is 0 Å². The van der Waals surface area contributed by atoms with Crippen LogP contribution in [0.4, 0.5) is 8.78 Å². The first kappa shape index (κ1) is 11.4. The average Bonchev–Trinajstić information content (AvgIpc) is 2.32. The van der Waals surface area contributed by atoms with E-state index < -0.39 is 5.82 Å². The van der Waals surface area contributed by atoms with E-state index in [9.17, 15) is 8.78 Å². The van der Waals surface area contributed by atoms with Crippen molar-refractivity contribution in [1.82, 2.24) is 10.4 Å². The molecular weight excluding hydrogens is 214 g/mol. The third kappa shape index (κ3) is 2.98. The molecule has 1 aromatic rings. The molecule has 1 N–H and O–H groups in total. The third-order valence-corrected chi connectivity index (χ3v) is 2.51. The zero-order chi connectivity index (χ0) is 11.4. The topological polar surface area (TPSA) is 24.5 Å². The Kier molecular flexibility index (Phi) is 3.82. The maximum absolute atomic E-state index is 13.3. The molecule has 16 heavy (non-hydrogen) atoms. The van der Waals surface area contributed by atoms with Crippen molar-refractivity contribution in [2.24, 2.45) is 0 Å². The fourth-order valence-electron chi connectivity index (χ4n) is 1.60. The molecule has 1 heterocycles. The minimum Gasteiger partial charge on any atom is -0.379 e. The van der Waals surface area contributed by atoms with Crippen LogP contribution in [0.15, 0.2) is 18.2 Å². The molecule has 0 atom stereocenters. The summed E-state index contributed by atoms with van der Waals surface area (Å²) >= 11 is 0. The number of ether oxygens (including phenoxy) is 1. The van der Waals surface area contributed by atoms with Gasteiger partial charge >= 0.3 is 0 Å². The van der Waals surface area contributed by atoms with Crippen molar-refractivity contribution in [2.45, 2.75) is 6.54 Å². The van der Waals surface area contributed by atoms with E-state index in [0.717, 1.165) is 25.2 Å². The Morgan fingerprint density at radius 2 is 2.00 bits per heavy atom. The number of hydrazine groups is 1. The van der Waals surface area contributed by atoms with Gasteiger partial charge in [-0.15, -0.1) is 0 Å². The Morgan fingerprint density at radius 1 is 1.25 bits per heavy atom. The van der Waals surface area contributed by atoms with Gasteiger partial charge in [-0.2, -0.15) is 0 Å². The van der Waals surface area contributed by atoms with E-state index in [1.165, 1.54) is 6.07 Å². The van der Waals surface area contributed by atoms with E-state index >= 15 is 0 Å². The molecule has 88 valence electrons. The number of morpholine rings is 1. The molecule has 0 aliphatic carbocycles. The monoisotopic (exact) mass is 228 g/mol. The maximum Gasteiger partial charge on any atom is 0.127 e. The van der Waals surface area contributed by atoms with Gasteiger partial charge in [-0.05, 0) is 18.2 Å². The van der Waals surface area contributed by atoms with E-state index in [0.29, 0.717) is 25.3 Å². The fraction of sp³-hybridized carbons (Fsp3) is 0.455. The molecule has 0 bridgehead atoms. The van der Waals surface area contributed by atoms with Gasteiger partial charge in [-0.3, -0.25) is 5.43 Å². The third-order valence-electron chi connectivity index (χ3n) is 2.51. The fourth-order valence-corrected chi connectivity index (χ4v) is 1.60. The van der Waals surface area contributed by atoms with Crippen molar-refractivity contribution >= 4 is 0 Å². The van der Waals surface area contributed by atoms with Gasteiger partial charge < -0.3 is 4.74 Å². The molecule has 1 saturated heterocycles. The first-order chi connectivity index (χ1) is 7.75. The van der Waals surface area contributed by atoms with Gasteiger partial charge in [0, 0.05) is 25.2 Å². The molecule has 1 aliphatic heterocycles. The second-order valence-corrected chi connectivity index (χ2v) is 3.67. The number of rotatable bonds is 3. The number of hydrogen-bond donors (Lipinski definition) is 1. The number of hydrogen-bond acceptors (Lipinski definition) is 3. The molecule has 0 unspecified atom stereocenters. The van der Waals surface area contributed by atoms with Gasteiger partial charge in [0.1, 0.15) is 11.6 Å². The molecule has 0 saturated carbocycles. The first-order valence-corrected chi connectivity index (χ1v) is 5.26. The summed E-state index contributed by atoms with van der Waals surface area (Å²) in [5, 5.41) is 1.95. The summed E-state index contributed by atoms with van der Waals surface area (Å²) in [5.41, 5.74) is 3.39. The normalized spacial score (nSPS) is 17.6. The predicted octanol–water partition coefficient (Wildman–Crippen LogP) is 1.30. The summed E-state index contributed by atoms with van der Waals surface area (Å²) in [4.78, 5) is 0. The Labute approximate surface area is 93.0 Å². The second kappa shape index (κ2) is 5.34. The predicted molar refractivity (Wildman–Crippen MR) is 55.6 cm³/mol. The molecular formula is C11H14F2N2O. The number of nitrogens with zero attached hydrogens (tertiary/aromatic N) is 1. The summed E-state index contributed by atoms with van der Waals surface area (Å²) < 4.78 is 31.3. The van der Waals surface area contributed by atoms with E-state index in [-0.39, 0.29) is 5.82 Å². The maximum atomic E-state index is 13.3. The van der Waals surface area contributed by atoms with Gasteiger partial charge in [-0.25, -0.2) is 13.8 Å². The largest absolute Gasteiger partial charge is 0.379 e. The first-order valence-electron chi connectivity index (χ1n) is 5.26. The van der Waals surface area contributed by atoms with Crippen LogP contribution in [0, 0.1) is 11.6 Å². The molecule has 3 nitrogen and oxygen atoms in total. The Bertz CT molecular complexity index is 354. The van der Waals surface area contributed by atoms with Crippen LogP contribution in [-0.4, -0.2) is 31.3 Å². The van der Waals surface area contributed by atoms with Crippen molar-refractivity contribution in [3.8, 4) is 0 Å². The minimum atomic E-state index is -0.417. The highest BCUT2D eigenvalue weighted by Gasteiger charge is 2.10. The molecule has 1 fully saturated rings. The average molecular weight is 228 g/mol. The standard InChI is InChI=1S/C11H14F2N2O/c12-10-1-2-11(13)9(7-10)8-14-15-3-5-16-6-4-15/h1-2,7,14H,3-6,8H2. The highest BCUT2D eigenvalue weighted by molar-refractivity contribution is 5.18. The lowest BCUT2D eigenvalue weighted by atomic mass is 10.2. The van der Waals surface area contributed by atoms with Crippen molar-refractivity contribution < 1.29 is 13.5 Å². The zero-order valence-corrected chi connectivity index (χ0v) is 8.88. The van der Waals surface area contributed by atoms with Crippen LogP contribution in [0.3, 0.4) is 0 Å². The van der Waals surface area contributed by atoms with E-state index in [1.54, 1.807) is 0 Å². The molecule has 1 aromatic carbocycles. The van der Waals surface area contributed by atoms with Crippen LogP contribution < -0.4 is 5.43 Å². The van der Waals surface area contributed by atoms with E-state index in [2.05, 4.69) is 5.43 Å². The SMILES string of the molecule is Fc1ccc(F)c(CNN2CCOCC2)c1. The minimum absolute atomic E-state index is 0.295. The molecule has 0 spiro atoms. The van der Waals surface area contributed by atoms with Gasteiger partial charge in [0.05, 0.1) is 13.2 Å². The lowest BCUT2D eigenvalue weighted by molar-refractivity contribution is 0.0104. The highest BCUT2D eigenvalue weighted by Crippen LogP contribution is 2.09. The van der Waals surface area contributed by atoms with Crippen LogP contribution in [0.2, 0.25) is 0 Å². The van der Waals surface area contributed by atoms with Gasteiger partial charge in [0.25, 0.3) is 0 Å². The smallest absolute Gasteiger partial charge is 0.127 e. The summed E-state index contributed by atoms with van der Waals surface area (Å²) in [6, 6.07) is 3.47. The molecule has 1 aliphatic rings. The van der Waals surface area contributed by atoms with Crippen LogP contribution >= 0.6 is 0 Å². The molecule has 5 heteroatoms.